The fourth-order valence-corrected chi connectivity index (χ4v) is 9.60. The second-order valence-corrected chi connectivity index (χ2v) is 18.7. The summed E-state index contributed by atoms with van der Waals surface area (Å²) in [6.45, 7) is 10.8. The molecule has 9 rings (SSSR count). The zero-order valence-electron chi connectivity index (χ0n) is 39.3. The van der Waals surface area contributed by atoms with Crippen LogP contribution in [0, 0.1) is 0 Å². The summed E-state index contributed by atoms with van der Waals surface area (Å²) in [5.41, 5.74) is 6.59. The van der Waals surface area contributed by atoms with E-state index in [-0.39, 0.29) is 42.9 Å². The van der Waals surface area contributed by atoms with Gasteiger partial charge in [0.15, 0.2) is 23.0 Å². The number of hydrogen-bond donors (Lipinski definition) is 1. The number of methoxy groups -OCH3 is 2. The van der Waals surface area contributed by atoms with E-state index < -0.39 is 11.2 Å². The Kier molecular flexibility index (Phi) is 12.5. The smallest absolute Gasteiger partial charge is 0.261 e. The maximum atomic E-state index is 14.1. The first-order valence-electron chi connectivity index (χ1n) is 23.0. The van der Waals surface area contributed by atoms with E-state index >= 15 is 0 Å². The van der Waals surface area contributed by atoms with Gasteiger partial charge in [-0.1, -0.05) is 43.3 Å². The molecule has 3 atom stereocenters. The number of nitrogens with zero attached hydrogens (tertiary/aromatic N) is 3. The molecule has 0 fully saturated rings. The summed E-state index contributed by atoms with van der Waals surface area (Å²) in [4.78, 5) is 48.6. The van der Waals surface area contributed by atoms with Crippen LogP contribution >= 0.6 is 0 Å². The molecule has 67 heavy (non-hydrogen) atoms. The number of anilines is 3. The van der Waals surface area contributed by atoms with Crippen LogP contribution in [0.1, 0.15) is 96.9 Å². The third-order valence-corrected chi connectivity index (χ3v) is 13.2. The van der Waals surface area contributed by atoms with E-state index in [4.69, 9.17) is 33.4 Å². The van der Waals surface area contributed by atoms with Crippen LogP contribution in [-0.2, 0) is 35.6 Å². The van der Waals surface area contributed by atoms with E-state index in [1.165, 1.54) is 0 Å². The van der Waals surface area contributed by atoms with E-state index in [0.717, 1.165) is 40.0 Å². The Morgan fingerprint density at radius 2 is 1.37 bits per heavy atom. The van der Waals surface area contributed by atoms with Gasteiger partial charge < -0.3 is 38.6 Å². The van der Waals surface area contributed by atoms with Crippen molar-refractivity contribution in [3.05, 3.63) is 124 Å². The number of para-hydroxylation sites is 2. The van der Waals surface area contributed by atoms with Gasteiger partial charge in [0.2, 0.25) is 0 Å². The van der Waals surface area contributed by atoms with Crippen LogP contribution in [0.25, 0.3) is 0 Å². The molecule has 13 heteroatoms. The minimum Gasteiger partial charge on any atom is -0.493 e. The van der Waals surface area contributed by atoms with Crippen LogP contribution < -0.4 is 38.8 Å². The van der Waals surface area contributed by atoms with Gasteiger partial charge in [0, 0.05) is 55.5 Å². The fourth-order valence-electron chi connectivity index (χ4n) is 9.60. The first-order valence-corrected chi connectivity index (χ1v) is 23.0. The topological polar surface area (TPSA) is 137 Å². The Morgan fingerprint density at radius 3 is 2.03 bits per heavy atom. The van der Waals surface area contributed by atoms with Gasteiger partial charge in [0.25, 0.3) is 11.8 Å². The van der Waals surface area contributed by atoms with Crippen molar-refractivity contribution in [2.24, 2.45) is 4.99 Å². The summed E-state index contributed by atoms with van der Waals surface area (Å²) in [5.74, 6) is 2.19. The number of carbonyl (C=O) groups excluding carboxylic acids is 3. The average Bonchev–Trinajstić information content (AvgIpc) is 3.80. The molecular weight excluding hydrogens is 849 g/mol. The number of ether oxygens (including phenoxy) is 6. The molecule has 4 aliphatic heterocycles. The number of amides is 2. The standard InChI is InChI=1S/C54H58N4O9/c1-8-54(5,28-33(2)59)66-18-17-53(3,4)67-40-20-34(31-64-49-26-43-41(24-47(49)62-6)51(60)57-38(29-55-43)22-36-13-9-11-15-45(36)57)19-35(21-40)32-65-50-27-44-42(25-48(50)63-7)52(61)58-39(30-56-44)23-37-14-10-12-16-46(37)58/h9-16,19-21,24-27,29,38-39,56H,8,17-18,22-23,28,30-32H2,1-7H3/t38-,39-,54?/m0/s1. The van der Waals surface area contributed by atoms with Crippen molar-refractivity contribution in [3.63, 3.8) is 0 Å². The van der Waals surface area contributed by atoms with Crippen molar-refractivity contribution in [1.29, 1.82) is 0 Å². The molecule has 0 aliphatic carbocycles. The van der Waals surface area contributed by atoms with E-state index in [0.29, 0.717) is 90.1 Å². The van der Waals surface area contributed by atoms with E-state index in [2.05, 4.69) is 11.4 Å². The van der Waals surface area contributed by atoms with Crippen LogP contribution in [0.2, 0.25) is 0 Å². The van der Waals surface area contributed by atoms with Crippen molar-refractivity contribution in [2.75, 3.05) is 42.5 Å². The molecule has 0 aromatic heterocycles. The predicted octanol–water partition coefficient (Wildman–Crippen LogP) is 9.86. The van der Waals surface area contributed by atoms with Gasteiger partial charge in [-0.2, -0.15) is 0 Å². The minimum atomic E-state index is -0.657. The van der Waals surface area contributed by atoms with Crippen molar-refractivity contribution < 1.29 is 42.8 Å². The highest BCUT2D eigenvalue weighted by Gasteiger charge is 2.39. The quantitative estimate of drug-likeness (QED) is 0.0960. The largest absolute Gasteiger partial charge is 0.493 e. The summed E-state index contributed by atoms with van der Waals surface area (Å²) in [6.07, 6.45) is 4.91. The van der Waals surface area contributed by atoms with E-state index in [1.807, 2.05) is 106 Å². The molecule has 4 aliphatic rings. The molecule has 4 heterocycles. The molecule has 0 radical (unpaired) electrons. The lowest BCUT2D eigenvalue weighted by Crippen LogP contribution is -2.39. The van der Waals surface area contributed by atoms with E-state index in [9.17, 15) is 14.4 Å². The maximum Gasteiger partial charge on any atom is 0.261 e. The van der Waals surface area contributed by atoms with Crippen LogP contribution in [0.3, 0.4) is 0 Å². The zero-order valence-corrected chi connectivity index (χ0v) is 39.3. The van der Waals surface area contributed by atoms with Crippen molar-refractivity contribution in [3.8, 4) is 28.7 Å². The molecule has 0 saturated heterocycles. The lowest BCUT2D eigenvalue weighted by molar-refractivity contribution is -0.125. The average molecular weight is 907 g/mol. The molecule has 1 unspecified atom stereocenters. The summed E-state index contributed by atoms with van der Waals surface area (Å²) >= 11 is 0. The number of ketones is 1. The highest BCUT2D eigenvalue weighted by atomic mass is 16.5. The number of aliphatic imine (C=N–C) groups is 1. The number of rotatable bonds is 17. The molecule has 0 saturated carbocycles. The number of carbonyl (C=O) groups is 3. The highest BCUT2D eigenvalue weighted by molar-refractivity contribution is 6.15. The molecule has 5 aromatic rings. The van der Waals surface area contributed by atoms with Crippen molar-refractivity contribution in [2.45, 2.75) is 103 Å². The molecule has 2 amide bonds. The molecule has 348 valence electrons. The first-order chi connectivity index (χ1) is 32.2. The Hall–Kier alpha value is -6.86. The molecule has 13 nitrogen and oxygen atoms in total. The second-order valence-electron chi connectivity index (χ2n) is 18.7. The summed E-state index contributed by atoms with van der Waals surface area (Å²) in [6, 6.07) is 28.7. The number of nitrogens with one attached hydrogen (secondary N) is 1. The Morgan fingerprint density at radius 1 is 0.761 bits per heavy atom. The number of hydrogen-bond acceptors (Lipinski definition) is 11. The normalized spacial score (nSPS) is 17.7. The fraction of sp³-hybridized carbons (Fsp3) is 0.370. The number of Topliss-reactive ketones (excluding diaryl/α,β-unsaturated/α-hetero) is 1. The minimum absolute atomic E-state index is 0.0135. The summed E-state index contributed by atoms with van der Waals surface area (Å²) < 4.78 is 37.7. The zero-order chi connectivity index (χ0) is 47.0. The van der Waals surface area contributed by atoms with Gasteiger partial charge in [0.05, 0.1) is 61.0 Å². The van der Waals surface area contributed by atoms with Gasteiger partial charge in [-0.15, -0.1) is 0 Å². The Labute approximate surface area is 392 Å². The lowest BCUT2D eigenvalue weighted by Gasteiger charge is -2.31. The van der Waals surface area contributed by atoms with Crippen molar-refractivity contribution in [1.82, 2.24) is 0 Å². The lowest BCUT2D eigenvalue weighted by atomic mass is 9.96. The van der Waals surface area contributed by atoms with Gasteiger partial charge in [-0.05, 0) is 105 Å². The predicted molar refractivity (Wildman–Crippen MR) is 258 cm³/mol. The van der Waals surface area contributed by atoms with Crippen molar-refractivity contribution >= 4 is 46.6 Å². The van der Waals surface area contributed by atoms with Crippen LogP contribution in [0.15, 0.2) is 96.0 Å². The number of benzene rings is 5. The third-order valence-electron chi connectivity index (χ3n) is 13.2. The van der Waals surface area contributed by atoms with Gasteiger partial charge in [-0.25, -0.2) is 0 Å². The van der Waals surface area contributed by atoms with Gasteiger partial charge >= 0.3 is 0 Å². The Bertz CT molecular complexity index is 2770. The SMILES string of the molecule is CCC(C)(CC(C)=O)OCCC(C)(C)Oc1cc(COc2cc3c(cc2OC)C(=O)N2c4ccccc4C[C@H]2C=N3)cc(COc2cc3c(cc2OC)C(=O)N2c4ccccc4C[C@H]2CN3)c1. The molecular formula is C54H58N4O9. The number of fused-ring (bicyclic) bond motifs is 8. The van der Waals surface area contributed by atoms with Crippen LogP contribution in [-0.4, -0.2) is 74.5 Å². The Balaban J connectivity index is 0.972. The van der Waals surface area contributed by atoms with Gasteiger partial charge in [-0.3, -0.25) is 24.3 Å². The highest BCUT2D eigenvalue weighted by Crippen LogP contribution is 2.43. The summed E-state index contributed by atoms with van der Waals surface area (Å²) in [7, 11) is 3.12. The molecule has 0 spiro atoms. The second kappa shape index (κ2) is 18.4. The van der Waals surface area contributed by atoms with Crippen LogP contribution in [0.5, 0.6) is 28.7 Å². The molecule has 5 aromatic carbocycles. The van der Waals surface area contributed by atoms with E-state index in [1.54, 1.807) is 44.2 Å². The first kappa shape index (κ1) is 45.3. The third kappa shape index (κ3) is 9.29. The van der Waals surface area contributed by atoms with Gasteiger partial charge in [0.1, 0.15) is 30.3 Å². The monoisotopic (exact) mass is 906 g/mol. The molecule has 1 N–H and O–H groups in total. The van der Waals surface area contributed by atoms with Crippen LogP contribution in [0.4, 0.5) is 22.7 Å². The maximum absolute atomic E-state index is 14.1. The molecule has 0 bridgehead atoms. The summed E-state index contributed by atoms with van der Waals surface area (Å²) in [5, 5.41) is 3.51.